The summed E-state index contributed by atoms with van der Waals surface area (Å²) in [6, 6.07) is 0. The van der Waals surface area contributed by atoms with E-state index < -0.39 is 0 Å². The summed E-state index contributed by atoms with van der Waals surface area (Å²) in [6.07, 6.45) is 13.7. The summed E-state index contributed by atoms with van der Waals surface area (Å²) < 4.78 is 0. The van der Waals surface area contributed by atoms with Crippen LogP contribution in [-0.4, -0.2) is 5.78 Å². The molecule has 0 aliphatic heterocycles. The van der Waals surface area contributed by atoms with E-state index in [9.17, 15) is 4.79 Å². The van der Waals surface area contributed by atoms with Gasteiger partial charge in [0.1, 0.15) is 0 Å². The molecular weight excluding hydrogens is 316 g/mol. The average Bonchev–Trinajstić information content (AvgIpc) is 2.92. The number of hydrogen-bond acceptors (Lipinski definition) is 1. The molecule has 0 aromatic rings. The molecule has 4 aliphatic rings. The maximum atomic E-state index is 12.0. The lowest BCUT2D eigenvalue weighted by atomic mass is 9.46. The second kappa shape index (κ2) is 6.49. The number of fused-ring (bicyclic) bond motifs is 5. The lowest BCUT2D eigenvalue weighted by Crippen LogP contribution is -2.51. The first-order chi connectivity index (χ1) is 12.3. The highest BCUT2D eigenvalue weighted by molar-refractivity contribution is 5.91. The summed E-state index contributed by atoms with van der Waals surface area (Å²) in [7, 11) is 0. The molecule has 4 rings (SSSR count). The predicted octanol–water partition coefficient (Wildman–Crippen LogP) is 6.82. The van der Waals surface area contributed by atoms with Crippen molar-refractivity contribution < 1.29 is 4.79 Å². The molecule has 0 bridgehead atoms. The topological polar surface area (TPSA) is 17.1 Å². The molecule has 0 amide bonds. The largest absolute Gasteiger partial charge is 0.295 e. The lowest BCUT2D eigenvalue weighted by molar-refractivity contribution is -0.117. The highest BCUT2D eigenvalue weighted by Crippen LogP contribution is 2.67. The van der Waals surface area contributed by atoms with Crippen LogP contribution in [0.1, 0.15) is 92.4 Å². The quantitative estimate of drug-likeness (QED) is 0.542. The standard InChI is InChI=1S/C25H40O/c1-16(2)14-17(3)21-8-9-22-20-7-6-18-15-19(26)10-12-24(18,4)23(20)11-13-25(21,22)5/h15-17,20-23H,6-14H2,1-5H3. The van der Waals surface area contributed by atoms with Crippen molar-refractivity contribution in [1.82, 2.24) is 0 Å². The van der Waals surface area contributed by atoms with Gasteiger partial charge in [0.2, 0.25) is 0 Å². The maximum Gasteiger partial charge on any atom is 0.155 e. The van der Waals surface area contributed by atoms with Crippen molar-refractivity contribution in [2.24, 2.45) is 46.3 Å². The first kappa shape index (κ1) is 18.8. The Kier molecular flexibility index (Phi) is 4.68. The Labute approximate surface area is 161 Å². The zero-order chi connectivity index (χ0) is 18.7. The minimum absolute atomic E-state index is 0.333. The van der Waals surface area contributed by atoms with Gasteiger partial charge in [-0.2, -0.15) is 0 Å². The molecule has 3 saturated carbocycles. The molecule has 7 unspecified atom stereocenters. The number of carbonyl (C=O) groups excluding carboxylic acids is 1. The zero-order valence-electron chi connectivity index (χ0n) is 17.8. The van der Waals surface area contributed by atoms with Crippen molar-refractivity contribution in [3.8, 4) is 0 Å². The highest BCUT2D eigenvalue weighted by Gasteiger charge is 2.59. The summed E-state index contributed by atoms with van der Waals surface area (Å²) in [5.41, 5.74) is 2.43. The van der Waals surface area contributed by atoms with Crippen molar-refractivity contribution in [3.63, 3.8) is 0 Å². The number of carbonyl (C=O) groups is 1. The molecule has 146 valence electrons. The van der Waals surface area contributed by atoms with Crippen LogP contribution in [-0.2, 0) is 4.79 Å². The molecule has 7 atom stereocenters. The molecule has 0 spiro atoms. The van der Waals surface area contributed by atoms with Gasteiger partial charge in [0.15, 0.2) is 5.78 Å². The normalized spacial score (nSPS) is 46.4. The van der Waals surface area contributed by atoms with Gasteiger partial charge >= 0.3 is 0 Å². The number of allylic oxidation sites excluding steroid dienone is 1. The van der Waals surface area contributed by atoms with Crippen LogP contribution >= 0.6 is 0 Å². The van der Waals surface area contributed by atoms with E-state index in [0.717, 1.165) is 48.3 Å². The number of ketones is 1. The number of rotatable bonds is 3. The second-order valence-electron chi connectivity index (χ2n) is 11.3. The van der Waals surface area contributed by atoms with Gasteiger partial charge in [0.25, 0.3) is 0 Å². The van der Waals surface area contributed by atoms with E-state index >= 15 is 0 Å². The molecule has 0 aromatic carbocycles. The first-order valence-corrected chi connectivity index (χ1v) is 11.5. The summed E-state index contributed by atoms with van der Waals surface area (Å²) in [6.45, 7) is 12.5. The smallest absolute Gasteiger partial charge is 0.155 e. The van der Waals surface area contributed by atoms with Crippen molar-refractivity contribution in [2.45, 2.75) is 92.4 Å². The molecule has 26 heavy (non-hydrogen) atoms. The molecule has 0 heterocycles. The Hall–Kier alpha value is -0.590. The third-order valence-corrected chi connectivity index (χ3v) is 9.57. The van der Waals surface area contributed by atoms with Crippen molar-refractivity contribution in [3.05, 3.63) is 11.6 Å². The van der Waals surface area contributed by atoms with Crippen LogP contribution in [0.15, 0.2) is 11.6 Å². The van der Waals surface area contributed by atoms with Crippen molar-refractivity contribution >= 4 is 5.78 Å². The third-order valence-electron chi connectivity index (χ3n) is 9.57. The summed E-state index contributed by atoms with van der Waals surface area (Å²) in [5, 5.41) is 0. The molecule has 0 aromatic heterocycles. The molecule has 1 nitrogen and oxygen atoms in total. The van der Waals surface area contributed by atoms with Gasteiger partial charge in [-0.25, -0.2) is 0 Å². The maximum absolute atomic E-state index is 12.0. The summed E-state index contributed by atoms with van der Waals surface area (Å²) in [5.74, 6) is 5.73. The minimum atomic E-state index is 0.333. The molecule has 0 saturated heterocycles. The molecule has 0 N–H and O–H groups in total. The van der Waals surface area contributed by atoms with Crippen LogP contribution in [0.4, 0.5) is 0 Å². The van der Waals surface area contributed by atoms with Gasteiger partial charge in [0.05, 0.1) is 0 Å². The molecule has 0 radical (unpaired) electrons. The fourth-order valence-corrected chi connectivity index (χ4v) is 8.44. The Morgan fingerprint density at radius 3 is 2.50 bits per heavy atom. The second-order valence-corrected chi connectivity index (χ2v) is 11.3. The Bertz CT molecular complexity index is 601. The average molecular weight is 357 g/mol. The fourth-order valence-electron chi connectivity index (χ4n) is 8.44. The van der Waals surface area contributed by atoms with Crippen LogP contribution in [0.25, 0.3) is 0 Å². The Morgan fingerprint density at radius 1 is 1.00 bits per heavy atom. The van der Waals surface area contributed by atoms with Gasteiger partial charge in [-0.1, -0.05) is 40.2 Å². The third kappa shape index (κ3) is 2.75. The van der Waals surface area contributed by atoms with E-state index in [0.29, 0.717) is 16.6 Å². The van der Waals surface area contributed by atoms with E-state index in [1.54, 1.807) is 0 Å². The Morgan fingerprint density at radius 2 is 1.77 bits per heavy atom. The minimum Gasteiger partial charge on any atom is -0.295 e. The van der Waals surface area contributed by atoms with Gasteiger partial charge < -0.3 is 0 Å². The summed E-state index contributed by atoms with van der Waals surface area (Å²) in [4.78, 5) is 12.0. The molecule has 1 heteroatoms. The van der Waals surface area contributed by atoms with Crippen molar-refractivity contribution in [2.75, 3.05) is 0 Å². The van der Waals surface area contributed by atoms with Crippen LogP contribution in [0.3, 0.4) is 0 Å². The Balaban J connectivity index is 1.58. The molecule has 4 aliphatic carbocycles. The van der Waals surface area contributed by atoms with E-state index in [1.165, 1.54) is 50.5 Å². The van der Waals surface area contributed by atoms with E-state index in [1.807, 2.05) is 0 Å². The monoisotopic (exact) mass is 356 g/mol. The lowest BCUT2D eigenvalue weighted by Gasteiger charge is -2.58. The van der Waals surface area contributed by atoms with Gasteiger partial charge in [-0.05, 0) is 104 Å². The SMILES string of the molecule is CC(C)CC(C)C1CCC2C3CCC4=CC(=O)CCC4(C)C3CCC12C. The molecule has 3 fully saturated rings. The number of hydrogen-bond donors (Lipinski definition) is 0. The van der Waals surface area contributed by atoms with Gasteiger partial charge in [-0.15, -0.1) is 0 Å². The zero-order valence-corrected chi connectivity index (χ0v) is 17.8. The van der Waals surface area contributed by atoms with E-state index in [-0.39, 0.29) is 0 Å². The van der Waals surface area contributed by atoms with Gasteiger partial charge in [-0.3, -0.25) is 4.79 Å². The van der Waals surface area contributed by atoms with E-state index in [4.69, 9.17) is 0 Å². The van der Waals surface area contributed by atoms with E-state index in [2.05, 4.69) is 40.7 Å². The summed E-state index contributed by atoms with van der Waals surface area (Å²) >= 11 is 0. The van der Waals surface area contributed by atoms with Crippen LogP contribution in [0.2, 0.25) is 0 Å². The highest BCUT2D eigenvalue weighted by atomic mass is 16.1. The van der Waals surface area contributed by atoms with Crippen LogP contribution in [0, 0.1) is 46.3 Å². The van der Waals surface area contributed by atoms with Crippen molar-refractivity contribution in [1.29, 1.82) is 0 Å². The predicted molar refractivity (Wildman–Crippen MR) is 109 cm³/mol. The molecular formula is C25H40O. The van der Waals surface area contributed by atoms with Gasteiger partial charge in [0, 0.05) is 6.42 Å². The first-order valence-electron chi connectivity index (χ1n) is 11.5. The van der Waals surface area contributed by atoms with Crippen LogP contribution in [0.5, 0.6) is 0 Å². The van der Waals surface area contributed by atoms with Crippen LogP contribution < -0.4 is 0 Å². The fraction of sp³-hybridized carbons (Fsp3) is 0.880.